The van der Waals surface area contributed by atoms with E-state index in [1.165, 1.54) is 5.01 Å². The molecule has 0 aliphatic carbocycles. The Morgan fingerprint density at radius 1 is 1.55 bits per heavy atom. The van der Waals surface area contributed by atoms with Crippen molar-refractivity contribution < 1.29 is 14.9 Å². The monoisotopic (exact) mass is 164 g/mol. The molecule has 11 heavy (non-hydrogen) atoms. The molecule has 0 bridgehead atoms. The van der Waals surface area contributed by atoms with Crippen LogP contribution in [0.2, 0.25) is 0 Å². The molecule has 0 saturated heterocycles. The second-order valence-corrected chi connectivity index (χ2v) is 2.05. The molecule has 0 radical (unpaired) electrons. The van der Waals surface area contributed by atoms with Crippen LogP contribution in [0.1, 0.15) is 6.92 Å². The predicted molar refractivity (Wildman–Crippen MR) is 40.5 cm³/mol. The number of aliphatic hydroxyl groups excluding tert-OH is 2. The maximum Gasteiger partial charge on any atom is 0.146 e. The summed E-state index contributed by atoms with van der Waals surface area (Å²) in [7, 11) is 0. The Labute approximate surface area is 66.3 Å². The van der Waals surface area contributed by atoms with Crippen molar-refractivity contribution in [3.63, 3.8) is 0 Å². The molecule has 68 valence electrons. The van der Waals surface area contributed by atoms with Gasteiger partial charge in [0.1, 0.15) is 6.23 Å². The summed E-state index contributed by atoms with van der Waals surface area (Å²) in [6, 6.07) is 0. The number of aliphatic hydroxyl groups is 2. The molecule has 5 heteroatoms. The molecule has 4 N–H and O–H groups in total. The summed E-state index contributed by atoms with van der Waals surface area (Å²) in [5.41, 5.74) is 0. The lowest BCUT2D eigenvalue weighted by molar-refractivity contribution is -0.0877. The maximum atomic E-state index is 8.73. The van der Waals surface area contributed by atoms with Gasteiger partial charge in [-0.05, 0) is 6.92 Å². The molecule has 0 aromatic heterocycles. The Morgan fingerprint density at radius 3 is 2.55 bits per heavy atom. The van der Waals surface area contributed by atoms with Crippen LogP contribution in [0.3, 0.4) is 0 Å². The largest absolute Gasteiger partial charge is 0.395 e. The van der Waals surface area contributed by atoms with E-state index in [-0.39, 0.29) is 13.2 Å². The van der Waals surface area contributed by atoms with Crippen molar-refractivity contribution in [3.8, 4) is 0 Å². The minimum atomic E-state index is -0.507. The van der Waals surface area contributed by atoms with Crippen LogP contribution in [0.4, 0.5) is 0 Å². The lowest BCUT2D eigenvalue weighted by atomic mass is 10.5. The third kappa shape index (κ3) is 4.28. The van der Waals surface area contributed by atoms with Gasteiger partial charge in [0.15, 0.2) is 0 Å². The molecule has 0 amide bonds. The molecule has 0 fully saturated rings. The second-order valence-electron chi connectivity index (χ2n) is 2.05. The van der Waals surface area contributed by atoms with Crippen LogP contribution >= 0.6 is 0 Å². The van der Waals surface area contributed by atoms with E-state index >= 15 is 0 Å². The van der Waals surface area contributed by atoms with E-state index in [1.54, 1.807) is 0 Å². The standard InChI is InChI=1S/C6H16N2O3/c1-2-11-6(5-10)8(7)3-4-9/h6,9-10H,2-5,7H2,1H3. The molecule has 1 unspecified atom stereocenters. The Kier molecular flexibility index (Phi) is 6.39. The van der Waals surface area contributed by atoms with Gasteiger partial charge in [-0.25, -0.2) is 5.01 Å². The van der Waals surface area contributed by atoms with Crippen LogP contribution in [-0.2, 0) is 4.74 Å². The van der Waals surface area contributed by atoms with Crippen LogP contribution in [0.25, 0.3) is 0 Å². The molecule has 1 atom stereocenters. The lowest BCUT2D eigenvalue weighted by Gasteiger charge is -2.24. The average molecular weight is 164 g/mol. The van der Waals surface area contributed by atoms with Crippen molar-refractivity contribution in [3.05, 3.63) is 0 Å². The molecule has 0 aromatic rings. The van der Waals surface area contributed by atoms with Crippen molar-refractivity contribution in [2.45, 2.75) is 13.2 Å². The molecule has 0 rings (SSSR count). The summed E-state index contributed by atoms with van der Waals surface area (Å²) >= 11 is 0. The molecule has 5 nitrogen and oxygen atoms in total. The van der Waals surface area contributed by atoms with Crippen LogP contribution in [0.15, 0.2) is 0 Å². The first-order valence-corrected chi connectivity index (χ1v) is 3.60. The summed E-state index contributed by atoms with van der Waals surface area (Å²) in [5.74, 6) is 5.41. The van der Waals surface area contributed by atoms with E-state index in [0.717, 1.165) is 0 Å². The molecule has 0 aliphatic heterocycles. The van der Waals surface area contributed by atoms with Gasteiger partial charge in [0, 0.05) is 13.2 Å². The van der Waals surface area contributed by atoms with Crippen molar-refractivity contribution in [2.24, 2.45) is 5.84 Å². The second kappa shape index (κ2) is 6.51. The first-order chi connectivity index (χ1) is 5.26. The smallest absolute Gasteiger partial charge is 0.146 e. The van der Waals surface area contributed by atoms with Gasteiger partial charge in [-0.15, -0.1) is 0 Å². The zero-order chi connectivity index (χ0) is 8.69. The minimum Gasteiger partial charge on any atom is -0.395 e. The number of hydrogen-bond donors (Lipinski definition) is 3. The van der Waals surface area contributed by atoms with Crippen LogP contribution in [-0.4, -0.2) is 47.8 Å². The zero-order valence-electron chi connectivity index (χ0n) is 6.73. The van der Waals surface area contributed by atoms with Crippen LogP contribution in [0.5, 0.6) is 0 Å². The van der Waals surface area contributed by atoms with Crippen molar-refractivity contribution >= 4 is 0 Å². The van der Waals surface area contributed by atoms with Crippen molar-refractivity contribution in [1.29, 1.82) is 0 Å². The molecule has 0 spiro atoms. The molecule has 0 saturated carbocycles. The number of rotatable bonds is 6. The van der Waals surface area contributed by atoms with Gasteiger partial charge < -0.3 is 14.9 Å². The van der Waals surface area contributed by atoms with Gasteiger partial charge in [-0.2, -0.15) is 0 Å². The van der Waals surface area contributed by atoms with Crippen LogP contribution < -0.4 is 5.84 Å². The van der Waals surface area contributed by atoms with E-state index in [2.05, 4.69) is 0 Å². The van der Waals surface area contributed by atoms with Crippen molar-refractivity contribution in [1.82, 2.24) is 5.01 Å². The van der Waals surface area contributed by atoms with E-state index in [4.69, 9.17) is 20.8 Å². The molecule has 0 aromatic carbocycles. The highest BCUT2D eigenvalue weighted by atomic mass is 16.5. The first kappa shape index (κ1) is 10.8. The quantitative estimate of drug-likeness (QED) is 0.253. The SMILES string of the molecule is CCOC(CO)N(N)CCO. The number of hydrogen-bond acceptors (Lipinski definition) is 5. The van der Waals surface area contributed by atoms with Gasteiger partial charge in [0.05, 0.1) is 13.2 Å². The predicted octanol–water partition coefficient (Wildman–Crippen LogP) is -1.49. The van der Waals surface area contributed by atoms with E-state index in [0.29, 0.717) is 13.2 Å². The van der Waals surface area contributed by atoms with Gasteiger partial charge in [0.2, 0.25) is 0 Å². The van der Waals surface area contributed by atoms with E-state index in [9.17, 15) is 0 Å². The number of nitrogens with zero attached hydrogens (tertiary/aromatic N) is 1. The molecular formula is C6H16N2O3. The maximum absolute atomic E-state index is 8.73. The third-order valence-electron chi connectivity index (χ3n) is 1.24. The fourth-order valence-corrected chi connectivity index (χ4v) is 0.705. The molecule has 0 heterocycles. The average Bonchev–Trinajstić information content (AvgIpc) is 2.00. The molecule has 0 aliphatic rings. The topological polar surface area (TPSA) is 79.0 Å². The first-order valence-electron chi connectivity index (χ1n) is 3.60. The summed E-state index contributed by atoms with van der Waals surface area (Å²) in [5, 5.41) is 18.5. The number of ether oxygens (including phenoxy) is 1. The summed E-state index contributed by atoms with van der Waals surface area (Å²) in [6.07, 6.45) is -0.507. The Balaban J connectivity index is 3.61. The van der Waals surface area contributed by atoms with Gasteiger partial charge >= 0.3 is 0 Å². The number of nitrogens with two attached hydrogens (primary N) is 1. The highest BCUT2D eigenvalue weighted by Crippen LogP contribution is 1.93. The van der Waals surface area contributed by atoms with Gasteiger partial charge in [-0.1, -0.05) is 0 Å². The van der Waals surface area contributed by atoms with Gasteiger partial charge in [-0.3, -0.25) is 5.84 Å². The fraction of sp³-hybridized carbons (Fsp3) is 1.00. The summed E-state index contributed by atoms with van der Waals surface area (Å²) in [4.78, 5) is 0. The Morgan fingerprint density at radius 2 is 2.18 bits per heavy atom. The van der Waals surface area contributed by atoms with Gasteiger partial charge in [0.25, 0.3) is 0 Å². The Hall–Kier alpha value is -0.200. The van der Waals surface area contributed by atoms with Crippen LogP contribution in [0, 0.1) is 0 Å². The number of hydrazine groups is 1. The lowest BCUT2D eigenvalue weighted by Crippen LogP contribution is -2.46. The highest BCUT2D eigenvalue weighted by Gasteiger charge is 2.12. The zero-order valence-corrected chi connectivity index (χ0v) is 6.73. The van der Waals surface area contributed by atoms with E-state index in [1.807, 2.05) is 6.92 Å². The fourth-order valence-electron chi connectivity index (χ4n) is 0.705. The highest BCUT2D eigenvalue weighted by molar-refractivity contribution is 4.53. The third-order valence-corrected chi connectivity index (χ3v) is 1.24. The minimum absolute atomic E-state index is 0.0416. The van der Waals surface area contributed by atoms with Crippen molar-refractivity contribution in [2.75, 3.05) is 26.4 Å². The summed E-state index contributed by atoms with van der Waals surface area (Å²) in [6.45, 7) is 2.40. The molecular weight excluding hydrogens is 148 g/mol. The Bertz CT molecular complexity index is 91.9. The summed E-state index contributed by atoms with van der Waals surface area (Å²) < 4.78 is 5.05. The van der Waals surface area contributed by atoms with E-state index < -0.39 is 6.23 Å². The normalized spacial score (nSPS) is 13.9.